The van der Waals surface area contributed by atoms with E-state index in [0.29, 0.717) is 11.3 Å². The number of anilines is 1. The third-order valence-electron chi connectivity index (χ3n) is 4.05. The van der Waals surface area contributed by atoms with Crippen LogP contribution in [0.3, 0.4) is 0 Å². The molecule has 2 aromatic rings. The molecule has 0 unspecified atom stereocenters. The fourth-order valence-electron chi connectivity index (χ4n) is 2.65. The van der Waals surface area contributed by atoms with Crippen molar-refractivity contribution in [1.82, 2.24) is 5.32 Å². The van der Waals surface area contributed by atoms with E-state index < -0.39 is 23.2 Å². The number of carbonyl (C=O) groups is 2. The highest BCUT2D eigenvalue weighted by Gasteiger charge is 2.29. The average molecular weight is 413 g/mol. The van der Waals surface area contributed by atoms with Gasteiger partial charge in [0.2, 0.25) is 0 Å². The summed E-state index contributed by atoms with van der Waals surface area (Å²) in [7, 11) is 0. The fourth-order valence-corrected chi connectivity index (χ4v) is 2.65. The van der Waals surface area contributed by atoms with E-state index in [1.807, 2.05) is 57.2 Å². The molecular formula is C24H32N2O4. The van der Waals surface area contributed by atoms with E-state index >= 15 is 0 Å². The summed E-state index contributed by atoms with van der Waals surface area (Å²) in [6.45, 7) is 11.0. The average Bonchev–Trinajstić information content (AvgIpc) is 2.63. The molecule has 162 valence electrons. The first kappa shape index (κ1) is 23.4. The summed E-state index contributed by atoms with van der Waals surface area (Å²) in [5.41, 5.74) is 7.74. The summed E-state index contributed by atoms with van der Waals surface area (Å²) in [4.78, 5) is 25.3. The van der Waals surface area contributed by atoms with E-state index in [9.17, 15) is 9.59 Å². The van der Waals surface area contributed by atoms with Gasteiger partial charge in [-0.25, -0.2) is 4.79 Å². The minimum absolute atomic E-state index is 0.0194. The summed E-state index contributed by atoms with van der Waals surface area (Å²) < 4.78 is 11.2. The number of ether oxygens (including phenoxy) is 2. The molecule has 6 nitrogen and oxygen atoms in total. The molecule has 0 aromatic heterocycles. The standard InChI is InChI=1S/C24H32N2O4/c1-23(2,3)29-15-20(22(28)30-24(4,5)6)26-21(27)17-12-10-16(11-13-17)18-8-7-9-19(25)14-18/h7-14,20H,15,25H2,1-6H3,(H,26,27)/t20-/m1/s1. The van der Waals surface area contributed by atoms with Crippen molar-refractivity contribution < 1.29 is 19.1 Å². The minimum atomic E-state index is -0.912. The Morgan fingerprint density at radius 3 is 2.10 bits per heavy atom. The van der Waals surface area contributed by atoms with Gasteiger partial charge in [-0.15, -0.1) is 0 Å². The largest absolute Gasteiger partial charge is 0.458 e. The molecule has 0 radical (unpaired) electrons. The minimum Gasteiger partial charge on any atom is -0.458 e. The van der Waals surface area contributed by atoms with Crippen molar-refractivity contribution in [2.75, 3.05) is 12.3 Å². The van der Waals surface area contributed by atoms with Crippen LogP contribution in [0.2, 0.25) is 0 Å². The molecule has 0 fully saturated rings. The maximum absolute atomic E-state index is 12.8. The summed E-state index contributed by atoms with van der Waals surface area (Å²) in [5.74, 6) is -0.904. The molecule has 0 aliphatic heterocycles. The van der Waals surface area contributed by atoms with Crippen LogP contribution in [0, 0.1) is 0 Å². The first-order chi connectivity index (χ1) is 13.8. The molecular weight excluding hydrogens is 380 g/mol. The number of nitrogens with one attached hydrogen (secondary N) is 1. The highest BCUT2D eigenvalue weighted by atomic mass is 16.6. The second-order valence-corrected chi connectivity index (χ2v) is 9.19. The highest BCUT2D eigenvalue weighted by molar-refractivity contribution is 5.97. The number of hydrogen-bond donors (Lipinski definition) is 2. The Hall–Kier alpha value is -2.86. The third kappa shape index (κ3) is 7.52. The lowest BCUT2D eigenvalue weighted by Gasteiger charge is -2.27. The Morgan fingerprint density at radius 2 is 1.57 bits per heavy atom. The smallest absolute Gasteiger partial charge is 0.331 e. The van der Waals surface area contributed by atoms with Crippen molar-refractivity contribution in [1.29, 1.82) is 0 Å². The van der Waals surface area contributed by atoms with Crippen molar-refractivity contribution in [3.05, 3.63) is 54.1 Å². The zero-order chi connectivity index (χ0) is 22.5. The number of nitrogen functional groups attached to an aromatic ring is 1. The summed E-state index contributed by atoms with van der Waals surface area (Å²) in [5, 5.41) is 2.74. The lowest BCUT2D eigenvalue weighted by molar-refractivity contribution is -0.160. The molecule has 0 aliphatic carbocycles. The van der Waals surface area contributed by atoms with Crippen LogP contribution in [0.4, 0.5) is 5.69 Å². The number of nitrogens with two attached hydrogens (primary N) is 1. The van der Waals surface area contributed by atoms with Crippen molar-refractivity contribution in [2.45, 2.75) is 58.8 Å². The van der Waals surface area contributed by atoms with Crippen LogP contribution in [-0.2, 0) is 14.3 Å². The molecule has 0 spiro atoms. The van der Waals surface area contributed by atoms with E-state index in [1.54, 1.807) is 32.9 Å². The molecule has 0 saturated carbocycles. The lowest BCUT2D eigenvalue weighted by atomic mass is 10.0. The predicted molar refractivity (Wildman–Crippen MR) is 119 cm³/mol. The summed E-state index contributed by atoms with van der Waals surface area (Å²) in [6, 6.07) is 13.7. The second-order valence-electron chi connectivity index (χ2n) is 9.19. The number of rotatable bonds is 6. The van der Waals surface area contributed by atoms with Crippen molar-refractivity contribution >= 4 is 17.6 Å². The Labute approximate surface area is 178 Å². The molecule has 1 atom stereocenters. The van der Waals surface area contributed by atoms with Crippen LogP contribution >= 0.6 is 0 Å². The molecule has 0 bridgehead atoms. The van der Waals surface area contributed by atoms with Gasteiger partial charge in [0.1, 0.15) is 5.60 Å². The monoisotopic (exact) mass is 412 g/mol. The van der Waals surface area contributed by atoms with Gasteiger partial charge in [-0.1, -0.05) is 24.3 Å². The van der Waals surface area contributed by atoms with Gasteiger partial charge in [-0.2, -0.15) is 0 Å². The molecule has 0 saturated heterocycles. The van der Waals surface area contributed by atoms with Gasteiger partial charge in [0.25, 0.3) is 5.91 Å². The van der Waals surface area contributed by atoms with Gasteiger partial charge < -0.3 is 20.5 Å². The van der Waals surface area contributed by atoms with Crippen molar-refractivity contribution in [3.63, 3.8) is 0 Å². The Kier molecular flexibility index (Phi) is 7.26. The Balaban J connectivity index is 2.14. The van der Waals surface area contributed by atoms with Gasteiger partial charge in [0, 0.05) is 11.3 Å². The van der Waals surface area contributed by atoms with Crippen LogP contribution in [0.15, 0.2) is 48.5 Å². The van der Waals surface area contributed by atoms with Crippen molar-refractivity contribution in [3.8, 4) is 11.1 Å². The topological polar surface area (TPSA) is 90.6 Å². The molecule has 6 heteroatoms. The quantitative estimate of drug-likeness (QED) is 0.548. The number of benzene rings is 2. The fraction of sp³-hybridized carbons (Fsp3) is 0.417. The first-order valence-corrected chi connectivity index (χ1v) is 9.98. The third-order valence-corrected chi connectivity index (χ3v) is 4.05. The van der Waals surface area contributed by atoms with Crippen LogP contribution in [0.25, 0.3) is 11.1 Å². The predicted octanol–water partition coefficient (Wildman–Crippen LogP) is 4.19. The maximum Gasteiger partial charge on any atom is 0.331 e. The number of hydrogen-bond acceptors (Lipinski definition) is 5. The van der Waals surface area contributed by atoms with Gasteiger partial charge in [-0.3, -0.25) is 4.79 Å². The van der Waals surface area contributed by atoms with E-state index in [1.165, 1.54) is 0 Å². The molecule has 2 aromatic carbocycles. The Morgan fingerprint density at radius 1 is 0.933 bits per heavy atom. The second kappa shape index (κ2) is 9.30. The molecule has 1 amide bonds. The lowest BCUT2D eigenvalue weighted by Crippen LogP contribution is -2.48. The van der Waals surface area contributed by atoms with E-state index in [2.05, 4.69) is 5.32 Å². The summed E-state index contributed by atoms with van der Waals surface area (Å²) >= 11 is 0. The molecule has 2 rings (SSSR count). The van der Waals surface area contributed by atoms with Crippen molar-refractivity contribution in [2.24, 2.45) is 0 Å². The van der Waals surface area contributed by atoms with Gasteiger partial charge >= 0.3 is 5.97 Å². The number of esters is 1. The normalized spacial score (nSPS) is 12.9. The van der Waals surface area contributed by atoms with E-state index in [4.69, 9.17) is 15.2 Å². The SMILES string of the molecule is CC(C)(C)OC[C@@H](NC(=O)c1ccc(-c2cccc(N)c2)cc1)C(=O)OC(C)(C)C. The zero-order valence-corrected chi connectivity index (χ0v) is 18.6. The maximum atomic E-state index is 12.8. The van der Waals surface area contributed by atoms with E-state index in [-0.39, 0.29) is 12.5 Å². The van der Waals surface area contributed by atoms with Crippen LogP contribution in [-0.4, -0.2) is 35.7 Å². The van der Waals surface area contributed by atoms with E-state index in [0.717, 1.165) is 11.1 Å². The Bertz CT molecular complexity index is 877. The molecule has 3 N–H and O–H groups in total. The number of amides is 1. The van der Waals surface area contributed by atoms with Crippen LogP contribution in [0.1, 0.15) is 51.9 Å². The molecule has 0 heterocycles. The zero-order valence-electron chi connectivity index (χ0n) is 18.6. The van der Waals surface area contributed by atoms with Gasteiger partial charge in [0.15, 0.2) is 6.04 Å². The molecule has 30 heavy (non-hydrogen) atoms. The van der Waals surface area contributed by atoms with Gasteiger partial charge in [-0.05, 0) is 76.9 Å². The first-order valence-electron chi connectivity index (χ1n) is 9.98. The van der Waals surface area contributed by atoms with Gasteiger partial charge in [0.05, 0.1) is 12.2 Å². The molecule has 0 aliphatic rings. The van der Waals surface area contributed by atoms with Crippen LogP contribution in [0.5, 0.6) is 0 Å². The highest BCUT2D eigenvalue weighted by Crippen LogP contribution is 2.22. The summed E-state index contributed by atoms with van der Waals surface area (Å²) in [6.07, 6.45) is 0. The number of carbonyl (C=O) groups excluding carboxylic acids is 2. The van der Waals surface area contributed by atoms with Crippen LogP contribution < -0.4 is 11.1 Å².